The molecule has 112 valence electrons. The molecule has 2 unspecified atom stereocenters. The van der Waals surface area contributed by atoms with E-state index in [0.29, 0.717) is 6.61 Å². The van der Waals surface area contributed by atoms with Crippen LogP contribution in [0.1, 0.15) is 32.6 Å². The van der Waals surface area contributed by atoms with Gasteiger partial charge in [-0.3, -0.25) is 9.48 Å². The quantitative estimate of drug-likeness (QED) is 0.642. The first kappa shape index (κ1) is 15.4. The topological polar surface area (TPSA) is 70.1 Å². The fourth-order valence-corrected chi connectivity index (χ4v) is 3.82. The summed E-state index contributed by atoms with van der Waals surface area (Å²) in [5.41, 5.74) is 5.54. The number of carbonyl (C=O) groups excluding carboxylic acids is 1. The summed E-state index contributed by atoms with van der Waals surface area (Å²) in [6.07, 6.45) is 7.57. The SMILES string of the molecule is CCOC(=O)C1(N)CCCC1CCSc1cnn(C)c1. The van der Waals surface area contributed by atoms with Gasteiger partial charge in [-0.15, -0.1) is 11.8 Å². The van der Waals surface area contributed by atoms with E-state index >= 15 is 0 Å². The van der Waals surface area contributed by atoms with E-state index in [-0.39, 0.29) is 11.9 Å². The highest BCUT2D eigenvalue weighted by Crippen LogP contribution is 2.38. The summed E-state index contributed by atoms with van der Waals surface area (Å²) in [7, 11) is 1.91. The molecule has 20 heavy (non-hydrogen) atoms. The normalized spacial score (nSPS) is 25.9. The van der Waals surface area contributed by atoms with Crippen LogP contribution in [-0.2, 0) is 16.6 Å². The summed E-state index contributed by atoms with van der Waals surface area (Å²) in [5, 5.41) is 4.15. The average Bonchev–Trinajstić information content (AvgIpc) is 2.98. The molecule has 1 saturated carbocycles. The molecule has 1 heterocycles. The smallest absolute Gasteiger partial charge is 0.326 e. The zero-order valence-electron chi connectivity index (χ0n) is 12.2. The molecule has 0 spiro atoms. The fraction of sp³-hybridized carbons (Fsp3) is 0.714. The van der Waals surface area contributed by atoms with Crippen LogP contribution >= 0.6 is 11.8 Å². The Hall–Kier alpha value is -1.01. The fourth-order valence-electron chi connectivity index (χ4n) is 2.83. The largest absolute Gasteiger partial charge is 0.465 e. The van der Waals surface area contributed by atoms with Crippen LogP contribution in [0.5, 0.6) is 0 Å². The number of nitrogens with zero attached hydrogens (tertiary/aromatic N) is 2. The number of nitrogens with two attached hydrogens (primary N) is 1. The molecule has 0 saturated heterocycles. The molecule has 0 bridgehead atoms. The van der Waals surface area contributed by atoms with Crippen molar-refractivity contribution >= 4 is 17.7 Å². The van der Waals surface area contributed by atoms with Gasteiger partial charge in [-0.1, -0.05) is 6.42 Å². The van der Waals surface area contributed by atoms with Crippen LogP contribution in [0.3, 0.4) is 0 Å². The molecule has 6 heteroatoms. The van der Waals surface area contributed by atoms with Crippen LogP contribution in [0.4, 0.5) is 0 Å². The van der Waals surface area contributed by atoms with Crippen molar-refractivity contribution in [2.45, 2.75) is 43.0 Å². The second-order valence-corrected chi connectivity index (χ2v) is 6.51. The lowest BCUT2D eigenvalue weighted by Crippen LogP contribution is -2.52. The molecule has 0 aromatic carbocycles. The Balaban J connectivity index is 1.86. The van der Waals surface area contributed by atoms with E-state index in [0.717, 1.165) is 36.3 Å². The van der Waals surface area contributed by atoms with Crippen molar-refractivity contribution in [3.63, 3.8) is 0 Å². The van der Waals surface area contributed by atoms with Gasteiger partial charge in [0, 0.05) is 18.1 Å². The van der Waals surface area contributed by atoms with Crippen molar-refractivity contribution < 1.29 is 9.53 Å². The lowest BCUT2D eigenvalue weighted by molar-refractivity contribution is -0.151. The zero-order valence-corrected chi connectivity index (χ0v) is 13.0. The Morgan fingerprint density at radius 2 is 2.50 bits per heavy atom. The minimum absolute atomic E-state index is 0.228. The van der Waals surface area contributed by atoms with E-state index in [9.17, 15) is 4.79 Å². The Morgan fingerprint density at radius 1 is 1.70 bits per heavy atom. The number of thioether (sulfide) groups is 1. The lowest BCUT2D eigenvalue weighted by atomic mass is 9.86. The van der Waals surface area contributed by atoms with Gasteiger partial charge >= 0.3 is 5.97 Å². The first-order valence-corrected chi connectivity index (χ1v) is 8.12. The molecule has 2 atom stereocenters. The van der Waals surface area contributed by atoms with Gasteiger partial charge in [-0.2, -0.15) is 5.10 Å². The third kappa shape index (κ3) is 3.35. The van der Waals surface area contributed by atoms with E-state index in [1.165, 1.54) is 0 Å². The van der Waals surface area contributed by atoms with Crippen LogP contribution in [0.15, 0.2) is 17.3 Å². The zero-order chi connectivity index (χ0) is 14.6. The van der Waals surface area contributed by atoms with E-state index < -0.39 is 5.54 Å². The highest BCUT2D eigenvalue weighted by molar-refractivity contribution is 7.99. The standard InChI is InChI=1S/C14H23N3O2S/c1-3-19-13(18)14(15)7-4-5-11(14)6-8-20-12-9-16-17(2)10-12/h9-11H,3-8,15H2,1-2H3. The van der Waals surface area contributed by atoms with E-state index in [4.69, 9.17) is 10.5 Å². The summed E-state index contributed by atoms with van der Waals surface area (Å²) in [6, 6.07) is 0. The number of esters is 1. The number of aromatic nitrogens is 2. The number of rotatable bonds is 6. The van der Waals surface area contributed by atoms with Crippen LogP contribution in [0.25, 0.3) is 0 Å². The molecule has 2 rings (SSSR count). The molecule has 1 aromatic rings. The van der Waals surface area contributed by atoms with Crippen molar-refractivity contribution in [3.05, 3.63) is 12.4 Å². The molecular weight excluding hydrogens is 274 g/mol. The summed E-state index contributed by atoms with van der Waals surface area (Å²) in [6.45, 7) is 2.22. The minimum Gasteiger partial charge on any atom is -0.465 e. The minimum atomic E-state index is -0.772. The second-order valence-electron chi connectivity index (χ2n) is 5.34. The predicted octanol–water partition coefficient (Wildman–Crippen LogP) is 1.96. The van der Waals surface area contributed by atoms with Gasteiger partial charge in [0.25, 0.3) is 0 Å². The number of aryl methyl sites for hydroxylation is 1. The summed E-state index contributed by atoms with van der Waals surface area (Å²) < 4.78 is 6.94. The van der Waals surface area contributed by atoms with Crippen molar-refractivity contribution in [2.24, 2.45) is 18.7 Å². The van der Waals surface area contributed by atoms with Crippen molar-refractivity contribution in [1.82, 2.24) is 9.78 Å². The van der Waals surface area contributed by atoms with Gasteiger partial charge in [-0.05, 0) is 37.9 Å². The number of ether oxygens (including phenoxy) is 1. The number of carbonyl (C=O) groups is 1. The van der Waals surface area contributed by atoms with E-state index in [2.05, 4.69) is 5.10 Å². The summed E-state index contributed by atoms with van der Waals surface area (Å²) in [5.74, 6) is 0.953. The first-order valence-electron chi connectivity index (χ1n) is 7.14. The Morgan fingerprint density at radius 3 is 3.15 bits per heavy atom. The molecule has 1 fully saturated rings. The summed E-state index contributed by atoms with van der Waals surface area (Å²) in [4.78, 5) is 13.2. The average molecular weight is 297 g/mol. The van der Waals surface area contributed by atoms with Gasteiger partial charge in [-0.25, -0.2) is 0 Å². The van der Waals surface area contributed by atoms with E-state index in [1.807, 2.05) is 26.4 Å². The molecule has 1 aliphatic carbocycles. The molecule has 0 radical (unpaired) electrons. The second kappa shape index (κ2) is 6.63. The van der Waals surface area contributed by atoms with Crippen molar-refractivity contribution in [3.8, 4) is 0 Å². The van der Waals surface area contributed by atoms with Gasteiger partial charge < -0.3 is 10.5 Å². The maximum Gasteiger partial charge on any atom is 0.326 e. The number of hydrogen-bond acceptors (Lipinski definition) is 5. The molecule has 0 aliphatic heterocycles. The third-order valence-corrected chi connectivity index (χ3v) is 4.93. The van der Waals surface area contributed by atoms with Gasteiger partial charge in [0.2, 0.25) is 0 Å². The van der Waals surface area contributed by atoms with Crippen LogP contribution in [-0.4, -0.2) is 33.6 Å². The summed E-state index contributed by atoms with van der Waals surface area (Å²) >= 11 is 1.76. The highest BCUT2D eigenvalue weighted by Gasteiger charge is 2.46. The van der Waals surface area contributed by atoms with Crippen LogP contribution < -0.4 is 5.73 Å². The Bertz CT molecular complexity index is 463. The third-order valence-electron chi connectivity index (χ3n) is 3.94. The molecule has 2 N–H and O–H groups in total. The van der Waals surface area contributed by atoms with Crippen molar-refractivity contribution in [1.29, 1.82) is 0 Å². The highest BCUT2D eigenvalue weighted by atomic mass is 32.2. The van der Waals surface area contributed by atoms with Crippen molar-refractivity contribution in [2.75, 3.05) is 12.4 Å². The van der Waals surface area contributed by atoms with Gasteiger partial charge in [0.1, 0.15) is 5.54 Å². The molecule has 1 aliphatic rings. The molecule has 0 amide bonds. The molecular formula is C14H23N3O2S. The van der Waals surface area contributed by atoms with Gasteiger partial charge in [0.05, 0.1) is 12.8 Å². The maximum atomic E-state index is 12.0. The van der Waals surface area contributed by atoms with Crippen LogP contribution in [0.2, 0.25) is 0 Å². The van der Waals surface area contributed by atoms with Gasteiger partial charge in [0.15, 0.2) is 0 Å². The monoisotopic (exact) mass is 297 g/mol. The Labute approximate surface area is 124 Å². The predicted molar refractivity (Wildman–Crippen MR) is 79.4 cm³/mol. The number of hydrogen-bond donors (Lipinski definition) is 1. The maximum absolute atomic E-state index is 12.0. The molecule has 1 aromatic heterocycles. The first-order chi connectivity index (χ1) is 9.56. The molecule has 5 nitrogen and oxygen atoms in total. The van der Waals surface area contributed by atoms with Crippen LogP contribution in [0, 0.1) is 5.92 Å². The Kier molecular flexibility index (Phi) is 5.10. The van der Waals surface area contributed by atoms with E-state index in [1.54, 1.807) is 16.4 Å². The lowest BCUT2D eigenvalue weighted by Gasteiger charge is -2.28.